The van der Waals surface area contributed by atoms with Crippen LogP contribution in [0.3, 0.4) is 0 Å². The Morgan fingerprint density at radius 1 is 1.10 bits per heavy atom. The minimum absolute atomic E-state index is 0.104. The van der Waals surface area contributed by atoms with Gasteiger partial charge in [-0.15, -0.1) is 0 Å². The summed E-state index contributed by atoms with van der Waals surface area (Å²) < 4.78 is 11.1. The van der Waals surface area contributed by atoms with Crippen LogP contribution in [0.1, 0.15) is 0 Å². The lowest BCUT2D eigenvalue weighted by Gasteiger charge is -2.08. The average molecular weight is 267 g/mol. The van der Waals surface area contributed by atoms with Crippen LogP contribution in [0, 0.1) is 0 Å². The van der Waals surface area contributed by atoms with E-state index in [0.717, 1.165) is 5.56 Å². The summed E-state index contributed by atoms with van der Waals surface area (Å²) in [6, 6.07) is 13.9. The van der Waals surface area contributed by atoms with E-state index in [0.29, 0.717) is 28.2 Å². The summed E-state index contributed by atoms with van der Waals surface area (Å²) in [6.07, 6.45) is 0. The van der Waals surface area contributed by atoms with E-state index < -0.39 is 0 Å². The van der Waals surface area contributed by atoms with Crippen LogP contribution in [-0.4, -0.2) is 7.11 Å². The van der Waals surface area contributed by atoms with Gasteiger partial charge in [0.1, 0.15) is 17.1 Å². The molecule has 0 amide bonds. The predicted octanol–water partition coefficient (Wildman–Crippen LogP) is 3.05. The molecule has 0 aliphatic rings. The van der Waals surface area contributed by atoms with Gasteiger partial charge in [0.15, 0.2) is 5.43 Å². The van der Waals surface area contributed by atoms with Gasteiger partial charge in [-0.25, -0.2) is 0 Å². The van der Waals surface area contributed by atoms with Gasteiger partial charge in [-0.05, 0) is 24.3 Å². The maximum Gasteiger partial charge on any atom is 0.193 e. The molecule has 3 aromatic rings. The van der Waals surface area contributed by atoms with Gasteiger partial charge in [0, 0.05) is 17.8 Å². The molecule has 0 saturated carbocycles. The molecule has 100 valence electrons. The van der Waals surface area contributed by atoms with Gasteiger partial charge in [0.05, 0.1) is 18.1 Å². The molecule has 2 N–H and O–H groups in total. The summed E-state index contributed by atoms with van der Waals surface area (Å²) in [5.74, 6) is 1.12. The fourth-order valence-corrected chi connectivity index (χ4v) is 2.15. The number of hydrogen-bond donors (Lipinski definition) is 1. The zero-order valence-electron chi connectivity index (χ0n) is 10.9. The second kappa shape index (κ2) is 4.74. The minimum Gasteiger partial charge on any atom is -0.496 e. The first-order chi connectivity index (χ1) is 9.69. The molecule has 0 fully saturated rings. The Morgan fingerprint density at radius 2 is 1.90 bits per heavy atom. The van der Waals surface area contributed by atoms with Crippen molar-refractivity contribution >= 4 is 16.7 Å². The van der Waals surface area contributed by atoms with E-state index in [1.165, 1.54) is 6.07 Å². The Hall–Kier alpha value is -2.75. The van der Waals surface area contributed by atoms with Crippen molar-refractivity contribution in [3.63, 3.8) is 0 Å². The molecular weight excluding hydrogens is 254 g/mol. The molecule has 0 aliphatic carbocycles. The highest BCUT2D eigenvalue weighted by molar-refractivity contribution is 5.82. The number of hydrogen-bond acceptors (Lipinski definition) is 4. The quantitative estimate of drug-likeness (QED) is 0.725. The number of benzene rings is 2. The van der Waals surface area contributed by atoms with Crippen molar-refractivity contribution in [3.05, 3.63) is 58.8 Å². The van der Waals surface area contributed by atoms with Gasteiger partial charge >= 0.3 is 0 Å². The van der Waals surface area contributed by atoms with Crippen LogP contribution in [0.4, 0.5) is 5.69 Å². The number of anilines is 1. The topological polar surface area (TPSA) is 65.5 Å². The van der Waals surface area contributed by atoms with E-state index in [2.05, 4.69) is 0 Å². The minimum atomic E-state index is -0.104. The normalized spacial score (nSPS) is 10.7. The zero-order valence-corrected chi connectivity index (χ0v) is 10.9. The monoisotopic (exact) mass is 267 g/mol. The van der Waals surface area contributed by atoms with Crippen LogP contribution in [-0.2, 0) is 0 Å². The second-order valence-electron chi connectivity index (χ2n) is 4.43. The first-order valence-corrected chi connectivity index (χ1v) is 6.16. The van der Waals surface area contributed by atoms with E-state index in [9.17, 15) is 4.79 Å². The number of rotatable bonds is 2. The lowest BCUT2D eigenvalue weighted by atomic mass is 10.1. The van der Waals surface area contributed by atoms with Crippen molar-refractivity contribution in [3.8, 4) is 17.1 Å². The molecular formula is C16H13NO3. The van der Waals surface area contributed by atoms with E-state index in [1.54, 1.807) is 25.3 Å². The van der Waals surface area contributed by atoms with Gasteiger partial charge in [0.25, 0.3) is 0 Å². The largest absolute Gasteiger partial charge is 0.496 e. The van der Waals surface area contributed by atoms with Crippen molar-refractivity contribution in [2.24, 2.45) is 0 Å². The van der Waals surface area contributed by atoms with Crippen LogP contribution in [0.25, 0.3) is 22.3 Å². The van der Waals surface area contributed by atoms with Gasteiger partial charge in [-0.2, -0.15) is 0 Å². The van der Waals surface area contributed by atoms with Crippen molar-refractivity contribution in [1.82, 2.24) is 0 Å². The van der Waals surface area contributed by atoms with E-state index in [-0.39, 0.29) is 5.43 Å². The molecule has 0 spiro atoms. The number of para-hydroxylation sites is 1. The third kappa shape index (κ3) is 2.01. The van der Waals surface area contributed by atoms with Crippen molar-refractivity contribution in [2.45, 2.75) is 0 Å². The van der Waals surface area contributed by atoms with Gasteiger partial charge in [0.2, 0.25) is 0 Å². The second-order valence-corrected chi connectivity index (χ2v) is 4.43. The molecule has 1 aromatic heterocycles. The third-order valence-corrected chi connectivity index (χ3v) is 3.13. The van der Waals surface area contributed by atoms with Crippen LogP contribution >= 0.6 is 0 Å². The molecule has 0 bridgehead atoms. The molecule has 1 heterocycles. The van der Waals surface area contributed by atoms with E-state index >= 15 is 0 Å². The smallest absolute Gasteiger partial charge is 0.193 e. The first kappa shape index (κ1) is 12.3. The fraction of sp³-hybridized carbons (Fsp3) is 0.0625. The number of ether oxygens (including phenoxy) is 1. The molecule has 0 unspecified atom stereocenters. The maximum absolute atomic E-state index is 12.1. The SMILES string of the molecule is COc1ccccc1-c1cc(=O)c2ccc(N)cc2o1. The average Bonchev–Trinajstić information content (AvgIpc) is 2.46. The summed E-state index contributed by atoms with van der Waals surface area (Å²) in [6.45, 7) is 0. The first-order valence-electron chi connectivity index (χ1n) is 6.16. The summed E-state index contributed by atoms with van der Waals surface area (Å²) in [4.78, 5) is 12.1. The van der Waals surface area contributed by atoms with E-state index in [4.69, 9.17) is 14.9 Å². The fourth-order valence-electron chi connectivity index (χ4n) is 2.15. The highest BCUT2D eigenvalue weighted by atomic mass is 16.5. The standard InChI is InChI=1S/C16H13NO3/c1-19-14-5-3-2-4-12(14)16-9-13(18)11-7-6-10(17)8-15(11)20-16/h2-9H,17H2,1H3. The number of nitrogens with two attached hydrogens (primary N) is 1. The van der Waals surface area contributed by atoms with Gasteiger partial charge in [-0.1, -0.05) is 12.1 Å². The highest BCUT2D eigenvalue weighted by Gasteiger charge is 2.11. The van der Waals surface area contributed by atoms with Crippen LogP contribution in [0.2, 0.25) is 0 Å². The lowest BCUT2D eigenvalue weighted by Crippen LogP contribution is -2.01. The third-order valence-electron chi connectivity index (χ3n) is 3.13. The van der Waals surface area contributed by atoms with Crippen LogP contribution in [0.5, 0.6) is 5.75 Å². The Morgan fingerprint density at radius 3 is 2.70 bits per heavy atom. The molecule has 2 aromatic carbocycles. The predicted molar refractivity (Wildman–Crippen MR) is 78.9 cm³/mol. The molecule has 4 nitrogen and oxygen atoms in total. The van der Waals surface area contributed by atoms with Crippen LogP contribution in [0.15, 0.2) is 57.7 Å². The van der Waals surface area contributed by atoms with E-state index in [1.807, 2.05) is 24.3 Å². The highest BCUT2D eigenvalue weighted by Crippen LogP contribution is 2.30. The van der Waals surface area contributed by atoms with Crippen molar-refractivity contribution in [1.29, 1.82) is 0 Å². The molecule has 0 atom stereocenters. The molecule has 20 heavy (non-hydrogen) atoms. The Kier molecular flexibility index (Phi) is 2.91. The summed E-state index contributed by atoms with van der Waals surface area (Å²) in [5, 5.41) is 0.512. The van der Waals surface area contributed by atoms with Gasteiger partial charge in [-0.3, -0.25) is 4.79 Å². The Balaban J connectivity index is 2.29. The zero-order chi connectivity index (χ0) is 14.1. The maximum atomic E-state index is 12.1. The molecule has 0 saturated heterocycles. The van der Waals surface area contributed by atoms with Crippen LogP contribution < -0.4 is 15.9 Å². The summed E-state index contributed by atoms with van der Waals surface area (Å²) in [5.41, 5.74) is 7.38. The Labute approximate surface area is 115 Å². The number of fused-ring (bicyclic) bond motifs is 1. The van der Waals surface area contributed by atoms with Gasteiger partial charge < -0.3 is 14.9 Å². The summed E-state index contributed by atoms with van der Waals surface area (Å²) >= 11 is 0. The molecule has 3 rings (SSSR count). The van der Waals surface area contributed by atoms with Crippen molar-refractivity contribution in [2.75, 3.05) is 12.8 Å². The molecule has 0 radical (unpaired) electrons. The molecule has 0 aliphatic heterocycles. The van der Waals surface area contributed by atoms with Crippen molar-refractivity contribution < 1.29 is 9.15 Å². The number of methoxy groups -OCH3 is 1. The molecule has 4 heteroatoms. The lowest BCUT2D eigenvalue weighted by molar-refractivity contribution is 0.415. The Bertz CT molecular complexity index is 836. The summed E-state index contributed by atoms with van der Waals surface area (Å²) in [7, 11) is 1.58. The number of nitrogen functional groups attached to an aromatic ring is 1.